The van der Waals surface area contributed by atoms with Crippen LogP contribution in [0, 0.1) is 0 Å². The Kier molecular flexibility index (Phi) is 2.33. The zero-order chi connectivity index (χ0) is 13.0. The quantitative estimate of drug-likeness (QED) is 0.718. The molecule has 1 aromatic carbocycles. The number of benzene rings is 1. The summed E-state index contributed by atoms with van der Waals surface area (Å²) in [6, 6.07) is 3.85. The fourth-order valence-electron chi connectivity index (χ4n) is 2.10. The summed E-state index contributed by atoms with van der Waals surface area (Å²) >= 11 is 0. The Morgan fingerprint density at radius 3 is 2.41 bits per heavy atom. The Hall–Kier alpha value is -1.43. The third-order valence-corrected chi connectivity index (χ3v) is 3.94. The van der Waals surface area contributed by atoms with Crippen LogP contribution in [0.4, 0.5) is 9.57 Å². The van der Waals surface area contributed by atoms with Gasteiger partial charge in [-0.15, -0.1) is 3.89 Å². The van der Waals surface area contributed by atoms with Crippen molar-refractivity contribution in [1.29, 1.82) is 0 Å². The molecule has 2 rings (SSSR count). The van der Waals surface area contributed by atoms with Crippen molar-refractivity contribution in [3.8, 4) is 0 Å². The van der Waals surface area contributed by atoms with Crippen LogP contribution in [0.2, 0.25) is 0 Å². The van der Waals surface area contributed by atoms with E-state index in [-0.39, 0.29) is 5.91 Å². The lowest BCUT2D eigenvalue weighted by molar-refractivity contribution is -0.121. The van der Waals surface area contributed by atoms with Crippen molar-refractivity contribution in [3.05, 3.63) is 23.8 Å². The van der Waals surface area contributed by atoms with Gasteiger partial charge < -0.3 is 4.90 Å². The highest BCUT2D eigenvalue weighted by atomic mass is 32.3. The van der Waals surface area contributed by atoms with E-state index in [1.165, 1.54) is 23.1 Å². The summed E-state index contributed by atoms with van der Waals surface area (Å²) < 4.78 is 34.6. The van der Waals surface area contributed by atoms with Crippen molar-refractivity contribution in [3.63, 3.8) is 0 Å². The lowest BCUT2D eigenvalue weighted by atomic mass is 9.86. The molecule has 0 fully saturated rings. The second-order valence-electron chi connectivity index (χ2n) is 4.61. The Balaban J connectivity index is 2.71. The average molecular weight is 257 g/mol. The van der Waals surface area contributed by atoms with Gasteiger partial charge in [0.05, 0.1) is 10.3 Å². The van der Waals surface area contributed by atoms with E-state index < -0.39 is 20.5 Å². The molecule has 1 heterocycles. The molecule has 0 saturated heterocycles. The molecule has 0 saturated carbocycles. The van der Waals surface area contributed by atoms with Crippen LogP contribution in [-0.4, -0.2) is 21.4 Å². The minimum atomic E-state index is -4.74. The molecule has 0 aliphatic carbocycles. The van der Waals surface area contributed by atoms with Gasteiger partial charge in [-0.1, -0.05) is 0 Å². The van der Waals surface area contributed by atoms with Crippen molar-refractivity contribution >= 4 is 21.8 Å². The molecule has 0 N–H and O–H groups in total. The van der Waals surface area contributed by atoms with Crippen molar-refractivity contribution in [2.45, 2.75) is 24.2 Å². The summed E-state index contributed by atoms with van der Waals surface area (Å²) in [6.07, 6.45) is 0. The van der Waals surface area contributed by atoms with E-state index in [0.29, 0.717) is 11.3 Å². The van der Waals surface area contributed by atoms with Crippen LogP contribution in [0.15, 0.2) is 23.1 Å². The molecule has 92 valence electrons. The number of carbonyl (C=O) groups is 1. The van der Waals surface area contributed by atoms with Gasteiger partial charge in [0.2, 0.25) is 5.91 Å². The number of nitrogens with zero attached hydrogens (tertiary/aromatic N) is 1. The molecular formula is C11H12FNO3S. The maximum Gasteiger partial charge on any atom is 0.332 e. The highest BCUT2D eigenvalue weighted by Gasteiger charge is 2.42. The Labute approximate surface area is 99.3 Å². The van der Waals surface area contributed by atoms with E-state index in [1.54, 1.807) is 20.9 Å². The molecule has 0 bridgehead atoms. The molecule has 0 spiro atoms. The van der Waals surface area contributed by atoms with Crippen molar-refractivity contribution in [2.75, 3.05) is 11.9 Å². The standard InChI is InChI=1S/C11H12FNO3S/c1-11(2)8-6-7(17(12,15)16)4-5-9(8)13(3)10(11)14/h4-6H,1-3H3. The molecule has 4 nitrogen and oxygen atoms in total. The Bertz CT molecular complexity index is 607. The van der Waals surface area contributed by atoms with Crippen LogP contribution in [0.1, 0.15) is 19.4 Å². The van der Waals surface area contributed by atoms with Gasteiger partial charge >= 0.3 is 10.2 Å². The Morgan fingerprint density at radius 1 is 1.29 bits per heavy atom. The number of amides is 1. The van der Waals surface area contributed by atoms with Gasteiger partial charge in [0.15, 0.2) is 0 Å². The molecule has 1 aromatic rings. The van der Waals surface area contributed by atoms with Gasteiger partial charge in [-0.25, -0.2) is 0 Å². The van der Waals surface area contributed by atoms with E-state index in [1.807, 2.05) is 0 Å². The normalized spacial score (nSPS) is 18.4. The van der Waals surface area contributed by atoms with Crippen LogP contribution in [0.25, 0.3) is 0 Å². The monoisotopic (exact) mass is 257 g/mol. The zero-order valence-electron chi connectivity index (χ0n) is 9.69. The first-order valence-corrected chi connectivity index (χ1v) is 6.41. The minimum Gasteiger partial charge on any atom is -0.314 e. The second-order valence-corrected chi connectivity index (χ2v) is 5.95. The molecule has 0 aromatic heterocycles. The lowest BCUT2D eigenvalue weighted by Crippen LogP contribution is -2.33. The van der Waals surface area contributed by atoms with Gasteiger partial charge in [0.1, 0.15) is 0 Å². The summed E-state index contributed by atoms with van der Waals surface area (Å²) in [5.74, 6) is -0.138. The highest BCUT2D eigenvalue weighted by Crippen LogP contribution is 2.41. The maximum absolute atomic E-state index is 12.9. The smallest absolute Gasteiger partial charge is 0.314 e. The van der Waals surface area contributed by atoms with E-state index >= 15 is 0 Å². The zero-order valence-corrected chi connectivity index (χ0v) is 10.5. The molecule has 0 atom stereocenters. The van der Waals surface area contributed by atoms with E-state index in [0.717, 1.165) is 0 Å². The maximum atomic E-state index is 12.9. The number of hydrogen-bond donors (Lipinski definition) is 0. The van der Waals surface area contributed by atoms with Crippen LogP contribution >= 0.6 is 0 Å². The summed E-state index contributed by atoms with van der Waals surface area (Å²) in [4.78, 5) is 13.0. The lowest BCUT2D eigenvalue weighted by Gasteiger charge is -2.16. The topological polar surface area (TPSA) is 54.5 Å². The third-order valence-electron chi connectivity index (χ3n) is 3.12. The summed E-state index contributed by atoms with van der Waals surface area (Å²) in [5.41, 5.74) is 0.321. The number of anilines is 1. The number of likely N-dealkylation sites (N-methyl/N-ethyl adjacent to an activating group) is 1. The van der Waals surface area contributed by atoms with E-state index in [9.17, 15) is 17.1 Å². The Morgan fingerprint density at radius 2 is 1.88 bits per heavy atom. The van der Waals surface area contributed by atoms with Crippen molar-refractivity contribution < 1.29 is 17.1 Å². The first-order chi connectivity index (χ1) is 7.65. The van der Waals surface area contributed by atoms with Crippen molar-refractivity contribution in [1.82, 2.24) is 0 Å². The number of carbonyl (C=O) groups excluding carboxylic acids is 1. The third kappa shape index (κ3) is 1.63. The van der Waals surface area contributed by atoms with Gasteiger partial charge in [-0.2, -0.15) is 8.42 Å². The van der Waals surface area contributed by atoms with Crippen LogP contribution in [0.3, 0.4) is 0 Å². The number of rotatable bonds is 1. The second kappa shape index (κ2) is 3.29. The van der Waals surface area contributed by atoms with Gasteiger partial charge in [0, 0.05) is 12.7 Å². The molecule has 0 unspecified atom stereocenters. The number of fused-ring (bicyclic) bond motifs is 1. The van der Waals surface area contributed by atoms with Crippen molar-refractivity contribution in [2.24, 2.45) is 0 Å². The first kappa shape index (κ1) is 12.0. The molecule has 1 amide bonds. The van der Waals surface area contributed by atoms with E-state index in [4.69, 9.17) is 0 Å². The van der Waals surface area contributed by atoms with Crippen LogP contribution < -0.4 is 4.90 Å². The molecule has 1 aliphatic rings. The van der Waals surface area contributed by atoms with Gasteiger partial charge in [0.25, 0.3) is 0 Å². The average Bonchev–Trinajstić information content (AvgIpc) is 2.39. The van der Waals surface area contributed by atoms with E-state index in [2.05, 4.69) is 0 Å². The molecule has 1 aliphatic heterocycles. The van der Waals surface area contributed by atoms with Gasteiger partial charge in [-0.3, -0.25) is 4.79 Å². The fraction of sp³-hybridized carbons (Fsp3) is 0.364. The molecule has 0 radical (unpaired) electrons. The molecule has 17 heavy (non-hydrogen) atoms. The molecule has 6 heteroatoms. The first-order valence-electron chi connectivity index (χ1n) is 5.03. The minimum absolute atomic E-state index is 0.138. The predicted molar refractivity (Wildman–Crippen MR) is 61.2 cm³/mol. The highest BCUT2D eigenvalue weighted by molar-refractivity contribution is 7.86. The largest absolute Gasteiger partial charge is 0.332 e. The van der Waals surface area contributed by atoms with Gasteiger partial charge in [-0.05, 0) is 37.6 Å². The number of hydrogen-bond acceptors (Lipinski definition) is 3. The van der Waals surface area contributed by atoms with Crippen LogP contribution in [-0.2, 0) is 20.4 Å². The molecular weight excluding hydrogens is 245 g/mol. The number of halogens is 1. The predicted octanol–water partition coefficient (Wildman–Crippen LogP) is 1.60. The fourth-order valence-corrected chi connectivity index (χ4v) is 2.59. The summed E-state index contributed by atoms with van der Waals surface area (Å²) in [5, 5.41) is 0. The summed E-state index contributed by atoms with van der Waals surface area (Å²) in [6.45, 7) is 3.37. The SMILES string of the molecule is CN1C(=O)C(C)(C)c2cc(S(=O)(=O)F)ccc21. The summed E-state index contributed by atoms with van der Waals surface area (Å²) in [7, 11) is -3.13. The van der Waals surface area contributed by atoms with Crippen LogP contribution in [0.5, 0.6) is 0 Å².